The molecule has 0 bridgehead atoms. The molecule has 5 heteroatoms. The maximum atomic E-state index is 11.2. The number of hydrogen-bond acceptors (Lipinski definition) is 2. The Hall–Kier alpha value is 0.766. The van der Waals surface area contributed by atoms with Crippen molar-refractivity contribution in [2.24, 2.45) is 0 Å². The van der Waals surface area contributed by atoms with Crippen LogP contribution in [0.3, 0.4) is 0 Å². The minimum absolute atomic E-state index is 0. The zero-order valence-electron chi connectivity index (χ0n) is 12.6. The van der Waals surface area contributed by atoms with Gasteiger partial charge in [-0.05, 0) is 24.5 Å². The summed E-state index contributed by atoms with van der Waals surface area (Å²) in [4.78, 5) is 0.0565. The van der Waals surface area contributed by atoms with Gasteiger partial charge in [0.1, 0.15) is 0 Å². The van der Waals surface area contributed by atoms with Crippen LogP contribution in [0.5, 0.6) is 0 Å². The summed E-state index contributed by atoms with van der Waals surface area (Å²) in [5.41, 5.74) is 0.721. The smallest absolute Gasteiger partial charge is 0.282 e. The van der Waals surface area contributed by atoms with Crippen molar-refractivity contribution in [3.8, 4) is 0 Å². The molecule has 0 heterocycles. The number of benzene rings is 1. The van der Waals surface area contributed by atoms with Crippen LogP contribution in [0, 0.1) is 0 Å². The van der Waals surface area contributed by atoms with Gasteiger partial charge in [-0.2, -0.15) is 8.42 Å². The van der Waals surface area contributed by atoms with Crippen LogP contribution in [-0.4, -0.2) is 64.4 Å². The van der Waals surface area contributed by atoms with Crippen molar-refractivity contribution >= 4 is 61.5 Å². The normalized spacial score (nSPS) is 11.1. The van der Waals surface area contributed by atoms with E-state index in [1.807, 2.05) is 6.07 Å². The van der Waals surface area contributed by atoms with E-state index in [0.717, 1.165) is 18.4 Å². The van der Waals surface area contributed by atoms with Gasteiger partial charge in [-0.1, -0.05) is 63.6 Å². The number of unbranched alkanes of at least 4 members (excludes halogenated alkanes) is 6. The van der Waals surface area contributed by atoms with Crippen LogP contribution in [0.25, 0.3) is 0 Å². The van der Waals surface area contributed by atoms with Gasteiger partial charge in [0.2, 0.25) is 0 Å². The summed E-state index contributed by atoms with van der Waals surface area (Å²) in [7, 11) is -4.09. The molecule has 0 saturated heterocycles. The van der Waals surface area contributed by atoms with Crippen LogP contribution >= 0.6 is 0 Å². The molecule has 1 aromatic carbocycles. The molecule has 0 aliphatic heterocycles. The first kappa shape index (κ1) is 20.8. The first-order valence-electron chi connectivity index (χ1n) is 7.11. The summed E-state index contributed by atoms with van der Waals surface area (Å²) in [6, 6.07) is 6.69. The standard InChI is InChI=1S/C15H24O3S.K/c1-2-3-4-5-6-7-8-11-14-12-9-10-13-15(14)19(16,17)18;/h9-10,12-13H,2-8,11H2,1H3,(H,16,17,18);. The molecule has 0 unspecified atom stereocenters. The molecule has 3 nitrogen and oxygen atoms in total. The third-order valence-corrected chi connectivity index (χ3v) is 4.25. The molecule has 0 aliphatic rings. The van der Waals surface area contributed by atoms with Crippen molar-refractivity contribution in [1.82, 2.24) is 0 Å². The summed E-state index contributed by atoms with van der Waals surface area (Å²) in [5.74, 6) is 0. The van der Waals surface area contributed by atoms with Crippen LogP contribution < -0.4 is 0 Å². The average Bonchev–Trinajstić information content (AvgIpc) is 2.37. The zero-order chi connectivity index (χ0) is 14.1. The number of rotatable bonds is 9. The summed E-state index contributed by atoms with van der Waals surface area (Å²) in [6.45, 7) is 2.20. The van der Waals surface area contributed by atoms with Crippen molar-refractivity contribution in [3.05, 3.63) is 29.8 Å². The van der Waals surface area contributed by atoms with Crippen molar-refractivity contribution in [3.63, 3.8) is 0 Å². The SMILES string of the molecule is CCCCCCCCCc1ccccc1S(=O)(=O)O.[K]. The summed E-state index contributed by atoms with van der Waals surface area (Å²) >= 11 is 0. The van der Waals surface area contributed by atoms with E-state index in [9.17, 15) is 8.42 Å². The van der Waals surface area contributed by atoms with Crippen LogP contribution in [-0.2, 0) is 16.5 Å². The summed E-state index contributed by atoms with van der Waals surface area (Å²) in [5, 5.41) is 0. The fraction of sp³-hybridized carbons (Fsp3) is 0.600. The Morgan fingerprint density at radius 2 is 1.50 bits per heavy atom. The monoisotopic (exact) mass is 323 g/mol. The van der Waals surface area contributed by atoms with Crippen LogP contribution in [0.2, 0.25) is 0 Å². The van der Waals surface area contributed by atoms with Crippen molar-refractivity contribution in [1.29, 1.82) is 0 Å². The second-order valence-corrected chi connectivity index (χ2v) is 6.34. The van der Waals surface area contributed by atoms with Gasteiger partial charge >= 0.3 is 0 Å². The van der Waals surface area contributed by atoms with Crippen LogP contribution in [0.4, 0.5) is 0 Å². The molecule has 1 N–H and O–H groups in total. The molecule has 20 heavy (non-hydrogen) atoms. The maximum absolute atomic E-state index is 11.2. The van der Waals surface area contributed by atoms with Gasteiger partial charge in [-0.15, -0.1) is 0 Å². The summed E-state index contributed by atoms with van der Waals surface area (Å²) < 4.78 is 31.6. The Morgan fingerprint density at radius 3 is 2.10 bits per heavy atom. The third kappa shape index (κ3) is 8.27. The molecule has 1 aromatic rings. The van der Waals surface area contributed by atoms with Crippen molar-refractivity contribution in [2.45, 2.75) is 63.2 Å². The third-order valence-electron chi connectivity index (χ3n) is 3.30. The largest absolute Gasteiger partial charge is 0.294 e. The molecule has 0 aliphatic carbocycles. The van der Waals surface area contributed by atoms with Crippen molar-refractivity contribution in [2.75, 3.05) is 0 Å². The molecule has 0 spiro atoms. The van der Waals surface area contributed by atoms with E-state index in [1.54, 1.807) is 12.1 Å². The molecular weight excluding hydrogens is 299 g/mol. The van der Waals surface area contributed by atoms with E-state index in [2.05, 4.69) is 6.92 Å². The molecule has 0 fully saturated rings. The van der Waals surface area contributed by atoms with Gasteiger partial charge in [-0.25, -0.2) is 0 Å². The predicted molar refractivity (Wildman–Crippen MR) is 83.7 cm³/mol. The van der Waals surface area contributed by atoms with Crippen LogP contribution in [0.15, 0.2) is 29.2 Å². The quantitative estimate of drug-likeness (QED) is 0.427. The fourth-order valence-electron chi connectivity index (χ4n) is 2.23. The average molecular weight is 324 g/mol. The fourth-order valence-corrected chi connectivity index (χ4v) is 2.99. The van der Waals surface area contributed by atoms with Gasteiger partial charge in [0.05, 0.1) is 4.90 Å². The number of aryl methyl sites for hydroxylation is 1. The first-order chi connectivity index (χ1) is 9.05. The van der Waals surface area contributed by atoms with E-state index in [-0.39, 0.29) is 56.3 Å². The summed E-state index contributed by atoms with van der Waals surface area (Å²) in [6.07, 6.45) is 9.10. The minimum Gasteiger partial charge on any atom is -0.282 e. The number of hydrogen-bond donors (Lipinski definition) is 1. The topological polar surface area (TPSA) is 54.4 Å². The van der Waals surface area contributed by atoms with Gasteiger partial charge in [0.25, 0.3) is 10.1 Å². The molecule has 109 valence electrons. The Kier molecular flexibility index (Phi) is 11.8. The second kappa shape index (κ2) is 11.3. The van der Waals surface area contributed by atoms with Gasteiger partial charge in [0.15, 0.2) is 0 Å². The Balaban J connectivity index is 0.00000361. The van der Waals surface area contributed by atoms with E-state index in [0.29, 0.717) is 6.42 Å². The van der Waals surface area contributed by atoms with E-state index in [4.69, 9.17) is 4.55 Å². The molecule has 1 rings (SSSR count). The first-order valence-corrected chi connectivity index (χ1v) is 8.55. The predicted octanol–water partition coefficient (Wildman–Crippen LogP) is 3.85. The van der Waals surface area contributed by atoms with E-state index < -0.39 is 10.1 Å². The van der Waals surface area contributed by atoms with Gasteiger partial charge in [-0.3, -0.25) is 4.55 Å². The molecular formula is C15H24KO3S. The molecule has 1 radical (unpaired) electrons. The van der Waals surface area contributed by atoms with E-state index >= 15 is 0 Å². The molecule has 0 aromatic heterocycles. The zero-order valence-corrected chi connectivity index (χ0v) is 16.6. The minimum atomic E-state index is -4.09. The van der Waals surface area contributed by atoms with Crippen molar-refractivity contribution < 1.29 is 13.0 Å². The Morgan fingerprint density at radius 1 is 0.950 bits per heavy atom. The molecule has 0 saturated carbocycles. The molecule has 0 atom stereocenters. The van der Waals surface area contributed by atoms with Gasteiger partial charge < -0.3 is 0 Å². The van der Waals surface area contributed by atoms with E-state index in [1.165, 1.54) is 38.2 Å². The van der Waals surface area contributed by atoms with Crippen LogP contribution in [0.1, 0.15) is 57.4 Å². The maximum Gasteiger partial charge on any atom is 0.294 e. The second-order valence-electron chi connectivity index (χ2n) is 4.95. The Bertz CT molecular complexity index is 472. The molecule has 0 amide bonds. The van der Waals surface area contributed by atoms with Gasteiger partial charge in [0, 0.05) is 51.4 Å². The Labute approximate surface area is 165 Å².